The molecule has 0 heterocycles. The van der Waals surface area contributed by atoms with Gasteiger partial charge in [0, 0.05) is 6.42 Å². The zero-order valence-electron chi connectivity index (χ0n) is 21.5. The summed E-state index contributed by atoms with van der Waals surface area (Å²) in [6, 6.07) is 1.41. The lowest BCUT2D eigenvalue weighted by atomic mass is 9.96. The lowest BCUT2D eigenvalue weighted by Crippen LogP contribution is -2.59. The first-order valence-electron chi connectivity index (χ1n) is 12.1. The molecule has 0 aliphatic heterocycles. The third kappa shape index (κ3) is 9.82. The second kappa shape index (κ2) is 14.4. The number of aliphatic carboxylic acids is 1. The summed E-state index contributed by atoms with van der Waals surface area (Å²) in [5, 5.41) is 36.4. The molecular formula is C25H40N4O7. The molecule has 1 aromatic rings. The fourth-order valence-electron chi connectivity index (χ4n) is 3.48. The Morgan fingerprint density at radius 2 is 1.44 bits per heavy atom. The average molecular weight is 509 g/mol. The van der Waals surface area contributed by atoms with E-state index in [2.05, 4.69) is 16.0 Å². The molecule has 1 rings (SSSR count). The van der Waals surface area contributed by atoms with Crippen LogP contribution in [0.1, 0.15) is 53.0 Å². The molecule has 0 spiro atoms. The molecule has 0 saturated carbocycles. The number of carboxylic acids is 1. The van der Waals surface area contributed by atoms with E-state index in [9.17, 15) is 34.5 Å². The van der Waals surface area contributed by atoms with Crippen molar-refractivity contribution >= 4 is 23.7 Å². The van der Waals surface area contributed by atoms with Gasteiger partial charge in [-0.15, -0.1) is 0 Å². The van der Waals surface area contributed by atoms with Gasteiger partial charge in [0.2, 0.25) is 17.7 Å². The lowest BCUT2D eigenvalue weighted by molar-refractivity contribution is -0.142. The van der Waals surface area contributed by atoms with Crippen LogP contribution in [0.3, 0.4) is 0 Å². The molecule has 11 heteroatoms. The van der Waals surface area contributed by atoms with E-state index in [4.69, 9.17) is 5.73 Å². The van der Waals surface area contributed by atoms with Gasteiger partial charge in [-0.05, 0) is 42.9 Å². The molecule has 0 aromatic heterocycles. The van der Waals surface area contributed by atoms with Crippen LogP contribution in [-0.2, 0) is 25.6 Å². The second-order valence-electron chi connectivity index (χ2n) is 9.60. The summed E-state index contributed by atoms with van der Waals surface area (Å²) < 4.78 is 0. The van der Waals surface area contributed by atoms with Crippen LogP contribution >= 0.6 is 0 Å². The largest absolute Gasteiger partial charge is 0.508 e. The van der Waals surface area contributed by atoms with Gasteiger partial charge in [-0.25, -0.2) is 4.79 Å². The molecule has 202 valence electrons. The van der Waals surface area contributed by atoms with Gasteiger partial charge < -0.3 is 37.0 Å². The maximum atomic E-state index is 13.2. The van der Waals surface area contributed by atoms with Crippen molar-refractivity contribution in [2.45, 2.75) is 84.2 Å². The number of phenolic OH excluding ortho intramolecular Hbond substituents is 1. The van der Waals surface area contributed by atoms with Crippen molar-refractivity contribution in [2.75, 3.05) is 0 Å². The number of carbonyl (C=O) groups is 4. The molecule has 0 radical (unpaired) electrons. The highest BCUT2D eigenvalue weighted by Gasteiger charge is 2.33. The van der Waals surface area contributed by atoms with Crippen molar-refractivity contribution in [1.29, 1.82) is 0 Å². The number of benzene rings is 1. The molecule has 36 heavy (non-hydrogen) atoms. The fourth-order valence-corrected chi connectivity index (χ4v) is 3.48. The number of hydrogen-bond donors (Lipinski definition) is 7. The van der Waals surface area contributed by atoms with E-state index in [-0.39, 0.29) is 30.4 Å². The number of hydrogen-bond acceptors (Lipinski definition) is 7. The van der Waals surface area contributed by atoms with Crippen LogP contribution in [0.15, 0.2) is 24.3 Å². The zero-order chi connectivity index (χ0) is 27.6. The number of aliphatic hydroxyl groups is 1. The van der Waals surface area contributed by atoms with Crippen molar-refractivity contribution in [3.8, 4) is 5.75 Å². The molecule has 3 amide bonds. The number of carboxylic acid groups (broad SMARTS) is 1. The van der Waals surface area contributed by atoms with Crippen LogP contribution in [-0.4, -0.2) is 69.3 Å². The minimum atomic E-state index is -1.26. The molecular weight excluding hydrogens is 468 g/mol. The SMILES string of the molecule is CCC(C)C(NC(=O)C(N)C(C)O)C(=O)NC(CC(C)C)C(=O)NC(Cc1ccc(O)cc1)C(=O)O. The number of nitrogens with one attached hydrogen (secondary N) is 3. The molecule has 0 fully saturated rings. The van der Waals surface area contributed by atoms with Crippen LogP contribution in [0.5, 0.6) is 5.75 Å². The van der Waals surface area contributed by atoms with E-state index in [1.54, 1.807) is 19.1 Å². The first-order chi connectivity index (χ1) is 16.8. The maximum absolute atomic E-state index is 13.2. The number of carbonyl (C=O) groups excluding carboxylic acids is 3. The van der Waals surface area contributed by atoms with Crippen LogP contribution in [0, 0.1) is 11.8 Å². The standard InChI is InChI=1S/C25H40N4O7/c1-6-14(4)21(29-23(33)20(26)15(5)30)24(34)27-18(11-13(2)3)22(32)28-19(25(35)36)12-16-7-9-17(31)10-8-16/h7-10,13-15,18-21,30-31H,6,11-12,26H2,1-5H3,(H,27,34)(H,28,32)(H,29,33)(H,35,36). The molecule has 0 saturated heterocycles. The number of phenols is 1. The molecule has 1 aromatic carbocycles. The van der Waals surface area contributed by atoms with Crippen LogP contribution in [0.2, 0.25) is 0 Å². The van der Waals surface area contributed by atoms with Gasteiger partial charge >= 0.3 is 5.97 Å². The van der Waals surface area contributed by atoms with Gasteiger partial charge in [-0.1, -0.05) is 46.2 Å². The molecule has 0 aliphatic rings. The molecule has 11 nitrogen and oxygen atoms in total. The first-order valence-corrected chi connectivity index (χ1v) is 12.1. The van der Waals surface area contributed by atoms with E-state index in [1.165, 1.54) is 19.1 Å². The predicted octanol–water partition coefficient (Wildman–Crippen LogP) is 0.274. The van der Waals surface area contributed by atoms with Gasteiger partial charge in [-0.2, -0.15) is 0 Å². The molecule has 0 bridgehead atoms. The molecule has 6 unspecified atom stereocenters. The predicted molar refractivity (Wildman–Crippen MR) is 134 cm³/mol. The third-order valence-electron chi connectivity index (χ3n) is 5.95. The molecule has 8 N–H and O–H groups in total. The van der Waals surface area contributed by atoms with Gasteiger partial charge in [0.15, 0.2) is 0 Å². The number of nitrogens with two attached hydrogens (primary N) is 1. The highest BCUT2D eigenvalue weighted by Crippen LogP contribution is 2.14. The van der Waals surface area contributed by atoms with Crippen LogP contribution in [0.25, 0.3) is 0 Å². The summed E-state index contributed by atoms with van der Waals surface area (Å²) in [6.07, 6.45) is -0.368. The van der Waals surface area contributed by atoms with Crippen LogP contribution < -0.4 is 21.7 Å². The fraction of sp³-hybridized carbons (Fsp3) is 0.600. The Balaban J connectivity index is 3.05. The van der Waals surface area contributed by atoms with Gasteiger partial charge in [0.05, 0.1) is 6.10 Å². The Hall–Kier alpha value is -3.18. The van der Waals surface area contributed by atoms with Crippen molar-refractivity contribution in [3.05, 3.63) is 29.8 Å². The number of amides is 3. The van der Waals surface area contributed by atoms with E-state index in [0.717, 1.165) is 0 Å². The van der Waals surface area contributed by atoms with Crippen LogP contribution in [0.4, 0.5) is 0 Å². The third-order valence-corrected chi connectivity index (χ3v) is 5.95. The Morgan fingerprint density at radius 3 is 1.92 bits per heavy atom. The Bertz CT molecular complexity index is 889. The Morgan fingerprint density at radius 1 is 0.889 bits per heavy atom. The van der Waals surface area contributed by atoms with Crippen molar-refractivity contribution < 1.29 is 34.5 Å². The Kier molecular flexibility index (Phi) is 12.3. The average Bonchev–Trinajstić information content (AvgIpc) is 2.81. The highest BCUT2D eigenvalue weighted by molar-refractivity contribution is 5.94. The van der Waals surface area contributed by atoms with Crippen molar-refractivity contribution in [3.63, 3.8) is 0 Å². The summed E-state index contributed by atoms with van der Waals surface area (Å²) in [5.41, 5.74) is 6.29. The Labute approximate surface area is 211 Å². The number of aromatic hydroxyl groups is 1. The second-order valence-corrected chi connectivity index (χ2v) is 9.60. The van der Waals surface area contributed by atoms with E-state index in [1.807, 2.05) is 20.8 Å². The van der Waals surface area contributed by atoms with Gasteiger partial charge in [-0.3, -0.25) is 14.4 Å². The normalized spacial score (nSPS) is 16.2. The minimum absolute atomic E-state index is 0.0123. The smallest absolute Gasteiger partial charge is 0.326 e. The summed E-state index contributed by atoms with van der Waals surface area (Å²) in [4.78, 5) is 50.5. The summed E-state index contributed by atoms with van der Waals surface area (Å²) in [6.45, 7) is 8.67. The van der Waals surface area contributed by atoms with Crippen molar-refractivity contribution in [1.82, 2.24) is 16.0 Å². The number of rotatable bonds is 14. The van der Waals surface area contributed by atoms with E-state index >= 15 is 0 Å². The highest BCUT2D eigenvalue weighted by atomic mass is 16.4. The minimum Gasteiger partial charge on any atom is -0.508 e. The van der Waals surface area contributed by atoms with E-state index < -0.39 is 54.0 Å². The quantitative estimate of drug-likeness (QED) is 0.186. The van der Waals surface area contributed by atoms with E-state index in [0.29, 0.717) is 12.0 Å². The number of aliphatic hydroxyl groups excluding tert-OH is 1. The lowest BCUT2D eigenvalue weighted by Gasteiger charge is -2.29. The molecule has 6 atom stereocenters. The maximum Gasteiger partial charge on any atom is 0.326 e. The molecule has 0 aliphatic carbocycles. The van der Waals surface area contributed by atoms with Crippen molar-refractivity contribution in [2.24, 2.45) is 17.6 Å². The first kappa shape index (κ1) is 30.9. The van der Waals surface area contributed by atoms with Gasteiger partial charge in [0.1, 0.15) is 29.9 Å². The summed E-state index contributed by atoms with van der Waals surface area (Å²) in [5.74, 6) is -3.51. The summed E-state index contributed by atoms with van der Waals surface area (Å²) >= 11 is 0. The topological polar surface area (TPSA) is 191 Å². The summed E-state index contributed by atoms with van der Waals surface area (Å²) in [7, 11) is 0. The monoisotopic (exact) mass is 508 g/mol. The van der Waals surface area contributed by atoms with Gasteiger partial charge in [0.25, 0.3) is 0 Å². The zero-order valence-corrected chi connectivity index (χ0v) is 21.5.